The van der Waals surface area contributed by atoms with Gasteiger partial charge in [-0.15, -0.1) is 0 Å². The van der Waals surface area contributed by atoms with Crippen molar-refractivity contribution < 1.29 is 9.84 Å². The van der Waals surface area contributed by atoms with E-state index in [-0.39, 0.29) is 0 Å². The molecule has 18 heavy (non-hydrogen) atoms. The number of halogens is 1. The number of methoxy groups -OCH3 is 1. The van der Waals surface area contributed by atoms with Crippen LogP contribution in [0, 0.1) is 0 Å². The molecule has 1 N–H and O–H groups in total. The molecule has 0 aliphatic heterocycles. The highest BCUT2D eigenvalue weighted by Gasteiger charge is 2.21. The molecule has 1 aromatic rings. The Morgan fingerprint density at radius 3 is 2.89 bits per heavy atom. The molecule has 0 aromatic heterocycles. The summed E-state index contributed by atoms with van der Waals surface area (Å²) in [6.45, 7) is 0. The van der Waals surface area contributed by atoms with Gasteiger partial charge >= 0.3 is 0 Å². The lowest BCUT2D eigenvalue weighted by molar-refractivity contribution is 0.205. The van der Waals surface area contributed by atoms with E-state index in [1.165, 1.54) is 12.8 Å². The first kappa shape index (κ1) is 13.4. The van der Waals surface area contributed by atoms with Crippen molar-refractivity contribution in [1.29, 1.82) is 0 Å². The van der Waals surface area contributed by atoms with Gasteiger partial charge in [-0.25, -0.2) is 0 Å². The summed E-state index contributed by atoms with van der Waals surface area (Å²) < 4.78 is 5.30. The fraction of sp³-hybridized carbons (Fsp3) is 0.467. The zero-order valence-corrected chi connectivity index (χ0v) is 11.4. The second-order valence-corrected chi connectivity index (χ2v) is 5.04. The minimum atomic E-state index is -0.647. The van der Waals surface area contributed by atoms with Crippen molar-refractivity contribution in [2.45, 2.75) is 38.2 Å². The summed E-state index contributed by atoms with van der Waals surface area (Å²) in [5, 5.41) is 11.1. The molecule has 1 aliphatic carbocycles. The van der Waals surface area contributed by atoms with E-state index in [1.54, 1.807) is 13.2 Å². The first-order valence-electron chi connectivity index (χ1n) is 6.43. The predicted octanol–water partition coefficient (Wildman–Crippen LogP) is 4.27. The van der Waals surface area contributed by atoms with Crippen LogP contribution in [-0.2, 0) is 0 Å². The maximum absolute atomic E-state index is 10.5. The van der Waals surface area contributed by atoms with Gasteiger partial charge in [-0.05, 0) is 43.4 Å². The zero-order chi connectivity index (χ0) is 13.0. The molecule has 2 rings (SSSR count). The Kier molecular flexibility index (Phi) is 4.67. The summed E-state index contributed by atoms with van der Waals surface area (Å²) >= 11 is 6.20. The molecular formula is C15H19ClO2. The van der Waals surface area contributed by atoms with Crippen molar-refractivity contribution in [3.8, 4) is 5.75 Å². The first-order valence-corrected chi connectivity index (χ1v) is 6.81. The van der Waals surface area contributed by atoms with E-state index in [4.69, 9.17) is 16.3 Å². The van der Waals surface area contributed by atoms with Crippen LogP contribution in [0.5, 0.6) is 5.75 Å². The molecule has 1 aromatic carbocycles. The topological polar surface area (TPSA) is 29.5 Å². The van der Waals surface area contributed by atoms with E-state index in [0.717, 1.165) is 24.8 Å². The van der Waals surface area contributed by atoms with Crippen molar-refractivity contribution in [2.75, 3.05) is 7.11 Å². The molecule has 1 atom stereocenters. The van der Waals surface area contributed by atoms with Gasteiger partial charge in [0.2, 0.25) is 0 Å². The number of aliphatic hydroxyl groups is 1. The Labute approximate surface area is 113 Å². The quantitative estimate of drug-likeness (QED) is 0.828. The van der Waals surface area contributed by atoms with Crippen molar-refractivity contribution in [3.05, 3.63) is 40.4 Å². The number of allylic oxidation sites excluding steroid dienone is 1. The molecule has 0 radical (unpaired) electrons. The predicted molar refractivity (Wildman–Crippen MR) is 74.1 cm³/mol. The average molecular weight is 267 g/mol. The molecule has 98 valence electrons. The lowest BCUT2D eigenvalue weighted by Crippen LogP contribution is -2.05. The smallest absolute Gasteiger partial charge is 0.126 e. The fourth-order valence-corrected chi connectivity index (χ4v) is 2.70. The lowest BCUT2D eigenvalue weighted by atomic mass is 9.97. The Balaban J connectivity index is 2.32. The van der Waals surface area contributed by atoms with Gasteiger partial charge in [0.05, 0.1) is 12.1 Å². The van der Waals surface area contributed by atoms with Gasteiger partial charge in [0.1, 0.15) is 11.9 Å². The van der Waals surface area contributed by atoms with Crippen LogP contribution < -0.4 is 4.74 Å². The Bertz CT molecular complexity index is 440. The monoisotopic (exact) mass is 266 g/mol. The van der Waals surface area contributed by atoms with Crippen molar-refractivity contribution in [3.63, 3.8) is 0 Å². The van der Waals surface area contributed by atoms with Gasteiger partial charge in [-0.3, -0.25) is 0 Å². The molecule has 0 bridgehead atoms. The number of rotatable bonds is 3. The van der Waals surface area contributed by atoms with E-state index in [2.05, 4.69) is 6.08 Å². The Hall–Kier alpha value is -0.990. The molecule has 3 heteroatoms. The molecule has 0 amide bonds. The van der Waals surface area contributed by atoms with Gasteiger partial charge in [0.25, 0.3) is 0 Å². The second kappa shape index (κ2) is 6.26. The number of benzene rings is 1. The first-order chi connectivity index (χ1) is 8.74. The zero-order valence-electron chi connectivity index (χ0n) is 10.7. The summed E-state index contributed by atoms with van der Waals surface area (Å²) in [6.07, 6.45) is 7.05. The van der Waals surface area contributed by atoms with Crippen LogP contribution >= 0.6 is 11.6 Å². The van der Waals surface area contributed by atoms with E-state index in [9.17, 15) is 5.11 Å². The number of hydrogen-bond donors (Lipinski definition) is 1. The summed E-state index contributed by atoms with van der Waals surface area (Å²) in [5.74, 6) is 0.653. The molecule has 0 spiro atoms. The third-order valence-corrected chi connectivity index (χ3v) is 3.76. The summed E-state index contributed by atoms with van der Waals surface area (Å²) in [5.41, 5.74) is 1.76. The highest BCUT2D eigenvalue weighted by atomic mass is 35.5. The van der Waals surface area contributed by atoms with Crippen molar-refractivity contribution in [2.24, 2.45) is 0 Å². The Morgan fingerprint density at radius 1 is 1.28 bits per heavy atom. The largest absolute Gasteiger partial charge is 0.496 e. The van der Waals surface area contributed by atoms with Gasteiger partial charge < -0.3 is 9.84 Å². The molecule has 0 fully saturated rings. The van der Waals surface area contributed by atoms with E-state index >= 15 is 0 Å². The molecule has 1 unspecified atom stereocenters. The van der Waals surface area contributed by atoms with Crippen LogP contribution in [0.25, 0.3) is 0 Å². The van der Waals surface area contributed by atoms with Crippen molar-refractivity contribution >= 4 is 11.6 Å². The molecule has 2 nitrogen and oxygen atoms in total. The second-order valence-electron chi connectivity index (χ2n) is 4.64. The summed E-state index contributed by atoms with van der Waals surface area (Å²) in [6, 6.07) is 5.46. The minimum absolute atomic E-state index is 0.562. The fourth-order valence-electron chi connectivity index (χ4n) is 2.43. The standard InChI is InChI=1S/C15H19ClO2/c1-18-13-10-6-9-12(16)14(13)15(17)11-7-4-2-3-5-8-11/h6-7,9-10,15,17H,2-5,8H2,1H3. The summed E-state index contributed by atoms with van der Waals surface area (Å²) in [7, 11) is 1.60. The van der Waals surface area contributed by atoms with Crippen LogP contribution in [0.15, 0.2) is 29.8 Å². The molecule has 0 heterocycles. The van der Waals surface area contributed by atoms with Crippen LogP contribution in [-0.4, -0.2) is 12.2 Å². The summed E-state index contributed by atoms with van der Waals surface area (Å²) in [4.78, 5) is 0. The maximum atomic E-state index is 10.5. The van der Waals surface area contributed by atoms with Gasteiger partial charge in [0, 0.05) is 5.56 Å². The Morgan fingerprint density at radius 2 is 2.11 bits per heavy atom. The average Bonchev–Trinajstić information content (AvgIpc) is 2.66. The highest BCUT2D eigenvalue weighted by Crippen LogP contribution is 2.38. The van der Waals surface area contributed by atoms with E-state index in [1.807, 2.05) is 12.1 Å². The molecule has 1 aliphatic rings. The van der Waals surface area contributed by atoms with Gasteiger partial charge in [0.15, 0.2) is 0 Å². The third-order valence-electron chi connectivity index (χ3n) is 3.43. The molecular weight excluding hydrogens is 248 g/mol. The van der Waals surface area contributed by atoms with Crippen LogP contribution in [0.4, 0.5) is 0 Å². The van der Waals surface area contributed by atoms with Crippen molar-refractivity contribution in [1.82, 2.24) is 0 Å². The lowest BCUT2D eigenvalue weighted by Gasteiger charge is -2.18. The van der Waals surface area contributed by atoms with Crippen LogP contribution in [0.2, 0.25) is 5.02 Å². The normalized spacial score (nSPS) is 17.8. The van der Waals surface area contributed by atoms with Crippen LogP contribution in [0.3, 0.4) is 0 Å². The van der Waals surface area contributed by atoms with Crippen LogP contribution in [0.1, 0.15) is 43.8 Å². The highest BCUT2D eigenvalue weighted by molar-refractivity contribution is 6.31. The molecule has 0 saturated heterocycles. The number of hydrogen-bond acceptors (Lipinski definition) is 2. The number of ether oxygens (including phenoxy) is 1. The maximum Gasteiger partial charge on any atom is 0.126 e. The number of aliphatic hydroxyl groups excluding tert-OH is 1. The van der Waals surface area contributed by atoms with E-state index in [0.29, 0.717) is 16.3 Å². The van der Waals surface area contributed by atoms with Gasteiger partial charge in [-0.2, -0.15) is 0 Å². The van der Waals surface area contributed by atoms with E-state index < -0.39 is 6.10 Å². The SMILES string of the molecule is COc1cccc(Cl)c1C(O)C1=CCCCCC1. The third kappa shape index (κ3) is 2.88. The molecule has 0 saturated carbocycles. The minimum Gasteiger partial charge on any atom is -0.496 e. The van der Waals surface area contributed by atoms with Gasteiger partial charge in [-0.1, -0.05) is 30.2 Å².